The second-order valence-corrected chi connectivity index (χ2v) is 7.53. The second-order valence-electron chi connectivity index (χ2n) is 7.53. The molecule has 2 aromatic heterocycles. The Morgan fingerprint density at radius 1 is 1.21 bits per heavy atom. The number of hydrogen-bond acceptors (Lipinski definition) is 5. The lowest BCUT2D eigenvalue weighted by molar-refractivity contribution is -0.124. The number of unbranched alkanes of at least 4 members (excludes halogenated alkanes) is 1. The highest BCUT2D eigenvalue weighted by Crippen LogP contribution is 2.29. The molecule has 1 saturated carbocycles. The quantitative estimate of drug-likeness (QED) is 0.546. The first-order valence-corrected chi connectivity index (χ1v) is 10.1. The fraction of sp³-hybridized carbons (Fsp3) is 0.476. The summed E-state index contributed by atoms with van der Waals surface area (Å²) in [6.45, 7) is 1.24. The van der Waals surface area contributed by atoms with Gasteiger partial charge in [-0.25, -0.2) is 9.97 Å². The summed E-state index contributed by atoms with van der Waals surface area (Å²) in [5, 5.41) is 13.8. The Bertz CT molecular complexity index is 991. The van der Waals surface area contributed by atoms with E-state index in [-0.39, 0.29) is 18.4 Å². The van der Waals surface area contributed by atoms with Gasteiger partial charge in [0.05, 0.1) is 11.0 Å². The smallest absolute Gasteiger partial charge is 0.223 e. The number of anilines is 1. The maximum atomic E-state index is 12.1. The minimum Gasteiger partial charge on any atom is -0.388 e. The predicted octanol–water partition coefficient (Wildman–Crippen LogP) is 2.75. The zero-order chi connectivity index (χ0) is 19.5. The Morgan fingerprint density at radius 3 is 2.79 bits per heavy atom. The van der Waals surface area contributed by atoms with E-state index >= 15 is 0 Å². The molecule has 2 heterocycles. The number of nitrogen functional groups attached to an aromatic ring is 1. The lowest BCUT2D eigenvalue weighted by atomic mass is 10.1. The zero-order valence-corrected chi connectivity index (χ0v) is 16.0. The third-order valence-electron chi connectivity index (χ3n) is 5.66. The number of nitrogens with two attached hydrogens (primary N) is 1. The van der Waals surface area contributed by atoms with Crippen molar-refractivity contribution in [1.82, 2.24) is 19.9 Å². The van der Waals surface area contributed by atoms with Crippen LogP contribution >= 0.6 is 0 Å². The minimum atomic E-state index is -0.152. The summed E-state index contributed by atoms with van der Waals surface area (Å²) in [5.41, 5.74) is 8.49. The van der Waals surface area contributed by atoms with Crippen molar-refractivity contribution in [1.29, 1.82) is 0 Å². The molecule has 0 atom stereocenters. The van der Waals surface area contributed by atoms with E-state index in [9.17, 15) is 9.90 Å². The Morgan fingerprint density at radius 2 is 2.00 bits per heavy atom. The van der Waals surface area contributed by atoms with Crippen LogP contribution in [0.2, 0.25) is 0 Å². The molecule has 148 valence electrons. The molecule has 3 aromatic rings. The first kappa shape index (κ1) is 18.7. The summed E-state index contributed by atoms with van der Waals surface area (Å²) < 4.78 is 2.04. The number of amides is 1. The number of rotatable bonds is 7. The lowest BCUT2D eigenvalue weighted by Crippen LogP contribution is -2.30. The summed E-state index contributed by atoms with van der Waals surface area (Å²) in [7, 11) is 0. The number of benzene rings is 1. The molecule has 7 nitrogen and oxygen atoms in total. The minimum absolute atomic E-state index is 0.152. The van der Waals surface area contributed by atoms with E-state index in [1.54, 1.807) is 0 Å². The molecule has 1 amide bonds. The van der Waals surface area contributed by atoms with Crippen LogP contribution in [0.1, 0.15) is 44.3 Å². The van der Waals surface area contributed by atoms with E-state index < -0.39 is 0 Å². The van der Waals surface area contributed by atoms with Crippen molar-refractivity contribution < 1.29 is 9.90 Å². The fourth-order valence-corrected chi connectivity index (χ4v) is 4.21. The van der Waals surface area contributed by atoms with Crippen molar-refractivity contribution in [3.8, 4) is 0 Å². The van der Waals surface area contributed by atoms with Gasteiger partial charge < -0.3 is 20.7 Å². The third-order valence-corrected chi connectivity index (χ3v) is 5.66. The number of carbonyl (C=O) groups excluding carboxylic acids is 1. The van der Waals surface area contributed by atoms with Gasteiger partial charge >= 0.3 is 0 Å². The normalized spacial score (nSPS) is 14.9. The molecule has 0 aliphatic heterocycles. The van der Waals surface area contributed by atoms with Gasteiger partial charge in [-0.3, -0.25) is 4.79 Å². The van der Waals surface area contributed by atoms with Gasteiger partial charge in [0.1, 0.15) is 17.9 Å². The fourth-order valence-electron chi connectivity index (χ4n) is 4.21. The highest BCUT2D eigenvalue weighted by molar-refractivity contribution is 6.06. The van der Waals surface area contributed by atoms with Crippen molar-refractivity contribution in [3.63, 3.8) is 0 Å². The average molecular weight is 381 g/mol. The maximum absolute atomic E-state index is 12.1. The molecule has 0 radical (unpaired) electrons. The van der Waals surface area contributed by atoms with Gasteiger partial charge in [0.2, 0.25) is 5.91 Å². The summed E-state index contributed by atoms with van der Waals surface area (Å²) >= 11 is 0. The van der Waals surface area contributed by atoms with Crippen molar-refractivity contribution in [2.75, 3.05) is 12.3 Å². The first-order chi connectivity index (χ1) is 13.7. The first-order valence-electron chi connectivity index (χ1n) is 10.1. The standard InChI is InChI=1S/C21H27N5O2/c22-20-18-19(15-9-3-4-10-16(15)24-20)26(17(13-27)25-18)12-6-5-11-23-21(28)14-7-1-2-8-14/h3-4,9-10,14,27H,1-2,5-8,11-13H2,(H2,22,24)(H,23,28). The molecule has 0 unspecified atom stereocenters. The van der Waals surface area contributed by atoms with Gasteiger partial charge in [-0.15, -0.1) is 0 Å². The van der Waals surface area contributed by atoms with Crippen LogP contribution in [-0.2, 0) is 17.9 Å². The molecule has 0 bridgehead atoms. The number of imidazole rings is 1. The number of nitrogens with zero attached hydrogens (tertiary/aromatic N) is 3. The number of aromatic nitrogens is 3. The number of hydrogen-bond donors (Lipinski definition) is 3. The van der Waals surface area contributed by atoms with E-state index in [1.165, 1.54) is 12.8 Å². The van der Waals surface area contributed by atoms with Crippen molar-refractivity contribution in [3.05, 3.63) is 30.1 Å². The number of aryl methyl sites for hydroxylation is 1. The number of nitrogens with one attached hydrogen (secondary N) is 1. The summed E-state index contributed by atoms with van der Waals surface area (Å²) in [5.74, 6) is 1.38. The average Bonchev–Trinajstić information content (AvgIpc) is 3.36. The van der Waals surface area contributed by atoms with Crippen LogP contribution in [0, 0.1) is 5.92 Å². The summed E-state index contributed by atoms with van der Waals surface area (Å²) in [6.07, 6.45) is 6.13. The van der Waals surface area contributed by atoms with Crippen molar-refractivity contribution in [2.24, 2.45) is 5.92 Å². The second kappa shape index (κ2) is 8.14. The highest BCUT2D eigenvalue weighted by atomic mass is 16.3. The SMILES string of the molecule is Nc1nc2ccccc2c2c1nc(CO)n2CCCCNC(=O)C1CCCC1. The van der Waals surface area contributed by atoms with Crippen LogP contribution in [0.4, 0.5) is 5.82 Å². The van der Waals surface area contributed by atoms with Crippen LogP contribution in [0.25, 0.3) is 21.9 Å². The van der Waals surface area contributed by atoms with Gasteiger partial charge in [-0.05, 0) is 31.7 Å². The van der Waals surface area contributed by atoms with E-state index in [1.807, 2.05) is 28.8 Å². The number of para-hydroxylation sites is 1. The molecule has 1 fully saturated rings. The number of aliphatic hydroxyl groups excluding tert-OH is 1. The highest BCUT2D eigenvalue weighted by Gasteiger charge is 2.22. The number of fused-ring (bicyclic) bond motifs is 3. The van der Waals surface area contributed by atoms with Gasteiger partial charge in [-0.2, -0.15) is 0 Å². The monoisotopic (exact) mass is 381 g/mol. The van der Waals surface area contributed by atoms with Crippen LogP contribution < -0.4 is 11.1 Å². The molecule has 4 N–H and O–H groups in total. The maximum Gasteiger partial charge on any atom is 0.223 e. The van der Waals surface area contributed by atoms with Gasteiger partial charge in [0, 0.05) is 24.4 Å². The molecular weight excluding hydrogens is 354 g/mol. The topological polar surface area (TPSA) is 106 Å². The Labute approximate surface area is 164 Å². The van der Waals surface area contributed by atoms with Gasteiger partial charge in [0.15, 0.2) is 5.82 Å². The Kier molecular flexibility index (Phi) is 5.43. The number of carbonyl (C=O) groups is 1. The number of aliphatic hydroxyl groups is 1. The lowest BCUT2D eigenvalue weighted by Gasteiger charge is -2.12. The molecule has 7 heteroatoms. The Hall–Kier alpha value is -2.67. The largest absolute Gasteiger partial charge is 0.388 e. The molecule has 1 aliphatic carbocycles. The van der Waals surface area contributed by atoms with Crippen LogP contribution in [0.3, 0.4) is 0 Å². The van der Waals surface area contributed by atoms with E-state index in [4.69, 9.17) is 5.73 Å². The molecule has 1 aliphatic rings. The number of pyridine rings is 1. The Balaban J connectivity index is 1.48. The molecular formula is C21H27N5O2. The van der Waals surface area contributed by atoms with Crippen LogP contribution in [0.15, 0.2) is 24.3 Å². The molecule has 1 aromatic carbocycles. The molecule has 28 heavy (non-hydrogen) atoms. The van der Waals surface area contributed by atoms with E-state index in [0.29, 0.717) is 30.2 Å². The third kappa shape index (κ3) is 3.54. The van der Waals surface area contributed by atoms with Crippen molar-refractivity contribution in [2.45, 2.75) is 51.7 Å². The van der Waals surface area contributed by atoms with Crippen LogP contribution in [-0.4, -0.2) is 32.1 Å². The summed E-state index contributed by atoms with van der Waals surface area (Å²) in [6, 6.07) is 7.83. The van der Waals surface area contributed by atoms with Crippen LogP contribution in [0.5, 0.6) is 0 Å². The zero-order valence-electron chi connectivity index (χ0n) is 16.0. The molecule has 0 saturated heterocycles. The molecule has 0 spiro atoms. The van der Waals surface area contributed by atoms with E-state index in [2.05, 4.69) is 15.3 Å². The van der Waals surface area contributed by atoms with E-state index in [0.717, 1.165) is 42.1 Å². The van der Waals surface area contributed by atoms with Gasteiger partial charge in [0.25, 0.3) is 0 Å². The van der Waals surface area contributed by atoms with Crippen molar-refractivity contribution >= 4 is 33.7 Å². The van der Waals surface area contributed by atoms with Gasteiger partial charge in [-0.1, -0.05) is 31.0 Å². The summed E-state index contributed by atoms with van der Waals surface area (Å²) in [4.78, 5) is 21.1. The predicted molar refractivity (Wildman–Crippen MR) is 110 cm³/mol. The molecule has 4 rings (SSSR count).